The van der Waals surface area contributed by atoms with Crippen LogP contribution >= 0.6 is 11.3 Å². The summed E-state index contributed by atoms with van der Waals surface area (Å²) in [6.07, 6.45) is 1.63. The van der Waals surface area contributed by atoms with Crippen LogP contribution in [0.25, 0.3) is 10.2 Å². The van der Waals surface area contributed by atoms with E-state index >= 15 is 0 Å². The molecule has 0 aliphatic carbocycles. The number of nitro benzene ring substituents is 1. The van der Waals surface area contributed by atoms with Crippen molar-refractivity contribution in [3.05, 3.63) is 58.1 Å². The van der Waals surface area contributed by atoms with Gasteiger partial charge in [-0.3, -0.25) is 10.1 Å². The summed E-state index contributed by atoms with van der Waals surface area (Å²) in [5, 5.41) is 20.5. The van der Waals surface area contributed by atoms with E-state index < -0.39 is 4.92 Å². The van der Waals surface area contributed by atoms with Gasteiger partial charge in [0.2, 0.25) is 5.13 Å². The quantitative estimate of drug-likeness (QED) is 0.454. The van der Waals surface area contributed by atoms with Crippen molar-refractivity contribution < 1.29 is 10.0 Å². The highest BCUT2D eigenvalue weighted by Crippen LogP contribution is 2.30. The van der Waals surface area contributed by atoms with Gasteiger partial charge in [-0.1, -0.05) is 11.3 Å². The van der Waals surface area contributed by atoms with Gasteiger partial charge in [-0.05, 0) is 35.9 Å². The first-order valence-corrected chi connectivity index (χ1v) is 6.81. The lowest BCUT2D eigenvalue weighted by Crippen LogP contribution is -1.85. The van der Waals surface area contributed by atoms with E-state index in [0.717, 1.165) is 10.3 Å². The van der Waals surface area contributed by atoms with E-state index in [2.05, 4.69) is 9.98 Å². The maximum absolute atomic E-state index is 10.7. The largest absolute Gasteiger partial charge is 0.508 e. The molecule has 0 fully saturated rings. The summed E-state index contributed by atoms with van der Waals surface area (Å²) in [4.78, 5) is 18.8. The molecular formula is C14H9N3O3S. The number of phenols is 1. The molecule has 6 nitrogen and oxygen atoms in total. The topological polar surface area (TPSA) is 88.6 Å². The average Bonchev–Trinajstić information content (AvgIpc) is 2.88. The third-order valence-corrected chi connectivity index (χ3v) is 3.71. The molecule has 1 aromatic heterocycles. The Morgan fingerprint density at radius 1 is 1.24 bits per heavy atom. The minimum atomic E-state index is -0.432. The molecule has 0 saturated carbocycles. The number of nitrogens with zero attached hydrogens (tertiary/aromatic N) is 3. The van der Waals surface area contributed by atoms with Gasteiger partial charge in [0.15, 0.2) is 0 Å². The molecule has 1 N–H and O–H groups in total. The van der Waals surface area contributed by atoms with Gasteiger partial charge in [0.1, 0.15) is 5.75 Å². The standard InChI is InChI=1S/C14H9N3O3S/c18-11-4-1-9(2-5-11)8-15-14-16-12-6-3-10(17(19)20)7-13(12)21-14/h1-8,18H/b15-8+. The highest BCUT2D eigenvalue weighted by molar-refractivity contribution is 7.22. The molecule has 2 aromatic carbocycles. The van der Waals surface area contributed by atoms with Crippen LogP contribution < -0.4 is 0 Å². The smallest absolute Gasteiger partial charge is 0.270 e. The molecule has 0 saturated heterocycles. The number of hydrogen-bond acceptors (Lipinski definition) is 6. The Hall–Kier alpha value is -2.80. The molecule has 0 unspecified atom stereocenters. The van der Waals surface area contributed by atoms with Crippen molar-refractivity contribution in [2.45, 2.75) is 0 Å². The highest BCUT2D eigenvalue weighted by atomic mass is 32.1. The Morgan fingerprint density at radius 3 is 2.71 bits per heavy atom. The normalized spacial score (nSPS) is 11.2. The lowest BCUT2D eigenvalue weighted by Gasteiger charge is -1.92. The van der Waals surface area contributed by atoms with Crippen LogP contribution in [0.5, 0.6) is 5.75 Å². The van der Waals surface area contributed by atoms with Crippen LogP contribution in [0.4, 0.5) is 10.8 Å². The van der Waals surface area contributed by atoms with E-state index in [1.165, 1.54) is 23.5 Å². The number of aromatic hydroxyl groups is 1. The zero-order chi connectivity index (χ0) is 14.8. The van der Waals surface area contributed by atoms with Gasteiger partial charge in [0, 0.05) is 18.3 Å². The number of aromatic nitrogens is 1. The number of phenolic OH excluding ortho intramolecular Hbond substituents is 1. The van der Waals surface area contributed by atoms with Crippen LogP contribution in [-0.4, -0.2) is 21.2 Å². The predicted molar refractivity (Wildman–Crippen MR) is 81.6 cm³/mol. The zero-order valence-corrected chi connectivity index (χ0v) is 11.4. The second-order valence-corrected chi connectivity index (χ2v) is 5.26. The molecule has 3 rings (SSSR count). The van der Waals surface area contributed by atoms with Crippen molar-refractivity contribution in [3.63, 3.8) is 0 Å². The second kappa shape index (κ2) is 5.29. The Bertz CT molecular complexity index is 840. The molecule has 0 aliphatic rings. The number of nitro groups is 1. The number of rotatable bonds is 3. The molecule has 0 amide bonds. The van der Waals surface area contributed by atoms with E-state index in [9.17, 15) is 15.2 Å². The van der Waals surface area contributed by atoms with Crippen molar-refractivity contribution in [2.24, 2.45) is 4.99 Å². The summed E-state index contributed by atoms with van der Waals surface area (Å²) in [6.45, 7) is 0. The summed E-state index contributed by atoms with van der Waals surface area (Å²) in [5.74, 6) is 0.194. The Morgan fingerprint density at radius 2 is 2.00 bits per heavy atom. The van der Waals surface area contributed by atoms with Crippen molar-refractivity contribution >= 4 is 38.6 Å². The Balaban J connectivity index is 1.90. The van der Waals surface area contributed by atoms with Crippen LogP contribution in [0, 0.1) is 10.1 Å². The first-order chi connectivity index (χ1) is 10.1. The van der Waals surface area contributed by atoms with Gasteiger partial charge >= 0.3 is 0 Å². The first kappa shape index (κ1) is 13.2. The maximum atomic E-state index is 10.7. The zero-order valence-electron chi connectivity index (χ0n) is 10.6. The average molecular weight is 299 g/mol. The molecule has 0 radical (unpaired) electrons. The fraction of sp³-hybridized carbons (Fsp3) is 0. The van der Waals surface area contributed by atoms with Gasteiger partial charge < -0.3 is 5.11 Å². The molecule has 21 heavy (non-hydrogen) atoms. The van der Waals surface area contributed by atoms with E-state index in [1.54, 1.807) is 36.5 Å². The summed E-state index contributed by atoms with van der Waals surface area (Å²) in [7, 11) is 0. The molecule has 7 heteroatoms. The Kier molecular flexibility index (Phi) is 3.33. The molecule has 0 atom stereocenters. The number of non-ortho nitro benzene ring substituents is 1. The van der Waals surface area contributed by atoms with Crippen LogP contribution in [0.1, 0.15) is 5.56 Å². The predicted octanol–water partition coefficient (Wildman–Crippen LogP) is 3.66. The van der Waals surface area contributed by atoms with Crippen LogP contribution in [0.2, 0.25) is 0 Å². The van der Waals surface area contributed by atoms with Gasteiger partial charge in [-0.15, -0.1) is 0 Å². The molecule has 0 aliphatic heterocycles. The lowest BCUT2D eigenvalue weighted by molar-refractivity contribution is -0.384. The van der Waals surface area contributed by atoms with E-state index in [-0.39, 0.29) is 11.4 Å². The monoisotopic (exact) mass is 299 g/mol. The SMILES string of the molecule is O=[N+]([O-])c1ccc2nc(/N=C/c3ccc(O)cc3)sc2c1. The fourth-order valence-corrected chi connectivity index (χ4v) is 2.60. The van der Waals surface area contributed by atoms with Crippen molar-refractivity contribution in [3.8, 4) is 5.75 Å². The first-order valence-electron chi connectivity index (χ1n) is 6.00. The summed E-state index contributed by atoms with van der Waals surface area (Å²) in [6, 6.07) is 11.1. The minimum absolute atomic E-state index is 0.0419. The van der Waals surface area contributed by atoms with E-state index in [0.29, 0.717) is 10.6 Å². The van der Waals surface area contributed by atoms with E-state index in [1.807, 2.05) is 0 Å². The van der Waals surface area contributed by atoms with Crippen molar-refractivity contribution in [1.29, 1.82) is 0 Å². The summed E-state index contributed by atoms with van der Waals surface area (Å²) < 4.78 is 0.724. The fourth-order valence-electron chi connectivity index (χ4n) is 1.76. The second-order valence-electron chi connectivity index (χ2n) is 4.26. The third kappa shape index (κ3) is 2.87. The number of thiazole rings is 1. The van der Waals surface area contributed by atoms with Gasteiger partial charge in [0.05, 0.1) is 15.1 Å². The number of hydrogen-bond donors (Lipinski definition) is 1. The summed E-state index contributed by atoms with van der Waals surface area (Å²) >= 11 is 1.29. The molecule has 3 aromatic rings. The Labute approximate surface area is 123 Å². The van der Waals surface area contributed by atoms with Gasteiger partial charge in [0.25, 0.3) is 5.69 Å². The van der Waals surface area contributed by atoms with Crippen LogP contribution in [0.15, 0.2) is 47.5 Å². The molecule has 0 spiro atoms. The highest BCUT2D eigenvalue weighted by Gasteiger charge is 2.09. The van der Waals surface area contributed by atoms with Crippen LogP contribution in [-0.2, 0) is 0 Å². The molecule has 1 heterocycles. The van der Waals surface area contributed by atoms with Crippen molar-refractivity contribution in [1.82, 2.24) is 4.98 Å². The van der Waals surface area contributed by atoms with Gasteiger partial charge in [-0.25, -0.2) is 9.98 Å². The lowest BCUT2D eigenvalue weighted by atomic mass is 10.2. The molecular weight excluding hydrogens is 290 g/mol. The molecule has 104 valence electrons. The number of benzene rings is 2. The maximum Gasteiger partial charge on any atom is 0.270 e. The van der Waals surface area contributed by atoms with E-state index in [4.69, 9.17) is 0 Å². The van der Waals surface area contributed by atoms with Crippen LogP contribution in [0.3, 0.4) is 0 Å². The molecule has 0 bridgehead atoms. The van der Waals surface area contributed by atoms with Crippen molar-refractivity contribution in [2.75, 3.05) is 0 Å². The third-order valence-electron chi connectivity index (χ3n) is 2.79. The number of fused-ring (bicyclic) bond motifs is 1. The number of aliphatic imine (C=N–C) groups is 1. The minimum Gasteiger partial charge on any atom is -0.508 e. The summed E-state index contributed by atoms with van der Waals surface area (Å²) in [5.41, 5.74) is 1.56. The van der Waals surface area contributed by atoms with Gasteiger partial charge in [-0.2, -0.15) is 0 Å².